The van der Waals surface area contributed by atoms with E-state index in [4.69, 9.17) is 0 Å². The summed E-state index contributed by atoms with van der Waals surface area (Å²) in [5, 5.41) is 3.58. The molecule has 0 aliphatic carbocycles. The lowest BCUT2D eigenvalue weighted by Crippen LogP contribution is -2.30. The molecule has 0 rings (SSSR count). The van der Waals surface area contributed by atoms with Crippen LogP contribution < -0.4 is 5.32 Å². The molecule has 0 saturated heterocycles. The molecule has 92 valence electrons. The Morgan fingerprint density at radius 2 is 1.53 bits per heavy atom. The molecule has 0 aliphatic rings. The molecule has 0 radical (unpaired) electrons. The Bertz CT molecular complexity index is 140. The minimum atomic E-state index is 0.622. The van der Waals surface area contributed by atoms with Gasteiger partial charge in [-0.1, -0.05) is 48.0 Å². The molecule has 0 aromatic rings. The summed E-state index contributed by atoms with van der Waals surface area (Å²) in [5.74, 6) is 2.57. The van der Waals surface area contributed by atoms with Crippen molar-refractivity contribution in [3.05, 3.63) is 0 Å². The first-order chi connectivity index (χ1) is 6.95. The van der Waals surface area contributed by atoms with E-state index in [9.17, 15) is 0 Å². The quantitative estimate of drug-likeness (QED) is 0.640. The van der Waals surface area contributed by atoms with Crippen LogP contribution in [0.3, 0.4) is 0 Å². The van der Waals surface area contributed by atoms with Crippen molar-refractivity contribution in [2.75, 3.05) is 6.54 Å². The minimum Gasteiger partial charge on any atom is -0.314 e. The second kappa shape index (κ2) is 8.15. The summed E-state index contributed by atoms with van der Waals surface area (Å²) in [6.07, 6.45) is 4.06. The van der Waals surface area contributed by atoms with E-state index in [1.165, 1.54) is 25.8 Å². The number of rotatable bonds is 8. The molecule has 0 spiro atoms. The second-order valence-electron chi connectivity index (χ2n) is 5.81. The van der Waals surface area contributed by atoms with E-state index in [-0.39, 0.29) is 0 Å². The van der Waals surface area contributed by atoms with Gasteiger partial charge in [0.1, 0.15) is 0 Å². The number of hydrogen-bond donors (Lipinski definition) is 1. The van der Waals surface area contributed by atoms with E-state index in [0.29, 0.717) is 6.04 Å². The van der Waals surface area contributed by atoms with Gasteiger partial charge in [0.2, 0.25) is 0 Å². The molecule has 0 fully saturated rings. The molecule has 0 amide bonds. The lowest BCUT2D eigenvalue weighted by atomic mass is 9.87. The van der Waals surface area contributed by atoms with E-state index in [0.717, 1.165) is 17.8 Å². The van der Waals surface area contributed by atoms with E-state index in [1.807, 2.05) is 0 Å². The van der Waals surface area contributed by atoms with Crippen molar-refractivity contribution >= 4 is 0 Å². The Morgan fingerprint density at radius 1 is 0.933 bits per heavy atom. The van der Waals surface area contributed by atoms with Gasteiger partial charge in [-0.05, 0) is 37.1 Å². The minimum absolute atomic E-state index is 0.622. The Balaban J connectivity index is 3.94. The molecule has 1 heteroatoms. The third-order valence-electron chi connectivity index (χ3n) is 3.05. The first-order valence-electron chi connectivity index (χ1n) is 6.69. The SMILES string of the molecule is CCC(C)CC(CNC(C)C)CC(C)C. The molecule has 2 unspecified atom stereocenters. The van der Waals surface area contributed by atoms with Crippen LogP contribution in [0, 0.1) is 17.8 Å². The van der Waals surface area contributed by atoms with Crippen LogP contribution >= 0.6 is 0 Å². The third kappa shape index (κ3) is 8.92. The molecular formula is C14H31N. The zero-order valence-electron chi connectivity index (χ0n) is 11.6. The van der Waals surface area contributed by atoms with Gasteiger partial charge in [0.25, 0.3) is 0 Å². The summed E-state index contributed by atoms with van der Waals surface area (Å²) in [6, 6.07) is 0.622. The Hall–Kier alpha value is -0.0400. The van der Waals surface area contributed by atoms with E-state index < -0.39 is 0 Å². The Labute approximate surface area is 97.0 Å². The van der Waals surface area contributed by atoms with Gasteiger partial charge in [-0.25, -0.2) is 0 Å². The van der Waals surface area contributed by atoms with Crippen molar-refractivity contribution in [3.8, 4) is 0 Å². The van der Waals surface area contributed by atoms with Gasteiger partial charge in [0.15, 0.2) is 0 Å². The first-order valence-corrected chi connectivity index (χ1v) is 6.69. The molecule has 1 nitrogen and oxygen atoms in total. The molecule has 0 bridgehead atoms. The van der Waals surface area contributed by atoms with Crippen LogP contribution in [0.15, 0.2) is 0 Å². The molecule has 0 aliphatic heterocycles. The first kappa shape index (κ1) is 15.0. The third-order valence-corrected chi connectivity index (χ3v) is 3.05. The summed E-state index contributed by atoms with van der Waals surface area (Å²) in [4.78, 5) is 0. The van der Waals surface area contributed by atoms with Crippen molar-refractivity contribution in [2.24, 2.45) is 17.8 Å². The molecule has 2 atom stereocenters. The fourth-order valence-corrected chi connectivity index (χ4v) is 2.07. The monoisotopic (exact) mass is 213 g/mol. The fourth-order valence-electron chi connectivity index (χ4n) is 2.07. The molecule has 0 aromatic heterocycles. The average molecular weight is 213 g/mol. The average Bonchev–Trinajstić information content (AvgIpc) is 2.13. The Kier molecular flexibility index (Phi) is 8.13. The summed E-state index contributed by atoms with van der Waals surface area (Å²) < 4.78 is 0. The fraction of sp³-hybridized carbons (Fsp3) is 1.00. The predicted molar refractivity (Wildman–Crippen MR) is 70.2 cm³/mol. The molecule has 0 heterocycles. The van der Waals surface area contributed by atoms with Gasteiger partial charge < -0.3 is 5.32 Å². The predicted octanol–water partition coefficient (Wildman–Crippen LogP) is 4.08. The van der Waals surface area contributed by atoms with Gasteiger partial charge in [-0.3, -0.25) is 0 Å². The number of nitrogens with one attached hydrogen (secondary N) is 1. The van der Waals surface area contributed by atoms with Crippen molar-refractivity contribution < 1.29 is 0 Å². The normalized spacial score (nSPS) is 16.0. The maximum atomic E-state index is 3.58. The highest BCUT2D eigenvalue weighted by Crippen LogP contribution is 2.21. The van der Waals surface area contributed by atoms with E-state index >= 15 is 0 Å². The second-order valence-corrected chi connectivity index (χ2v) is 5.81. The zero-order valence-corrected chi connectivity index (χ0v) is 11.6. The standard InChI is InChI=1S/C14H31N/c1-7-13(6)9-14(8-11(2)3)10-15-12(4)5/h11-15H,7-10H2,1-6H3. The van der Waals surface area contributed by atoms with Gasteiger partial charge in [-0.15, -0.1) is 0 Å². The smallest absolute Gasteiger partial charge is 0.00104 e. The van der Waals surface area contributed by atoms with Crippen molar-refractivity contribution in [1.29, 1.82) is 0 Å². The summed E-state index contributed by atoms with van der Waals surface area (Å²) >= 11 is 0. The van der Waals surface area contributed by atoms with Crippen LogP contribution in [0.4, 0.5) is 0 Å². The summed E-state index contributed by atoms with van der Waals surface area (Å²) in [5.41, 5.74) is 0. The zero-order chi connectivity index (χ0) is 11.8. The molecule has 0 saturated carbocycles. The topological polar surface area (TPSA) is 12.0 Å². The summed E-state index contributed by atoms with van der Waals surface area (Å²) in [6.45, 7) is 15.0. The molecule has 0 aromatic carbocycles. The highest BCUT2D eigenvalue weighted by molar-refractivity contribution is 4.68. The van der Waals surface area contributed by atoms with Crippen LogP contribution in [0.1, 0.15) is 60.8 Å². The molecule has 1 N–H and O–H groups in total. The van der Waals surface area contributed by atoms with Crippen LogP contribution in [0.5, 0.6) is 0 Å². The molecule has 15 heavy (non-hydrogen) atoms. The van der Waals surface area contributed by atoms with Crippen LogP contribution in [0.25, 0.3) is 0 Å². The van der Waals surface area contributed by atoms with E-state index in [2.05, 4.69) is 46.9 Å². The van der Waals surface area contributed by atoms with E-state index in [1.54, 1.807) is 0 Å². The van der Waals surface area contributed by atoms with Gasteiger partial charge in [-0.2, -0.15) is 0 Å². The maximum absolute atomic E-state index is 3.58. The van der Waals surface area contributed by atoms with Crippen molar-refractivity contribution in [1.82, 2.24) is 5.32 Å². The van der Waals surface area contributed by atoms with Crippen LogP contribution in [-0.4, -0.2) is 12.6 Å². The lowest BCUT2D eigenvalue weighted by molar-refractivity contribution is 0.308. The van der Waals surface area contributed by atoms with Crippen LogP contribution in [0.2, 0.25) is 0 Å². The van der Waals surface area contributed by atoms with Crippen LogP contribution in [-0.2, 0) is 0 Å². The lowest BCUT2D eigenvalue weighted by Gasteiger charge is -2.23. The van der Waals surface area contributed by atoms with Crippen molar-refractivity contribution in [2.45, 2.75) is 66.8 Å². The summed E-state index contributed by atoms with van der Waals surface area (Å²) in [7, 11) is 0. The van der Waals surface area contributed by atoms with Gasteiger partial charge >= 0.3 is 0 Å². The maximum Gasteiger partial charge on any atom is 0.00104 e. The highest BCUT2D eigenvalue weighted by atomic mass is 14.9. The highest BCUT2D eigenvalue weighted by Gasteiger charge is 2.14. The van der Waals surface area contributed by atoms with Gasteiger partial charge in [0, 0.05) is 6.04 Å². The van der Waals surface area contributed by atoms with Gasteiger partial charge in [0.05, 0.1) is 0 Å². The largest absolute Gasteiger partial charge is 0.314 e. The van der Waals surface area contributed by atoms with Crippen molar-refractivity contribution in [3.63, 3.8) is 0 Å². The molecular weight excluding hydrogens is 182 g/mol. The number of hydrogen-bond acceptors (Lipinski definition) is 1. The Morgan fingerprint density at radius 3 is 1.93 bits per heavy atom.